The molecule has 2 heterocycles. The zero-order chi connectivity index (χ0) is 14.8. The molecule has 2 aromatic carbocycles. The summed E-state index contributed by atoms with van der Waals surface area (Å²) >= 11 is 0. The topological polar surface area (TPSA) is 12.5 Å². The lowest BCUT2D eigenvalue weighted by Crippen LogP contribution is -2.35. The van der Waals surface area contributed by atoms with Gasteiger partial charge in [-0.3, -0.25) is 4.90 Å². The molecule has 0 bridgehead atoms. The molecule has 2 aromatic rings. The van der Waals surface area contributed by atoms with E-state index < -0.39 is 0 Å². The van der Waals surface area contributed by atoms with E-state index >= 15 is 0 Å². The zero-order valence-corrected chi connectivity index (χ0v) is 12.9. The van der Waals surface area contributed by atoms with Crippen LogP contribution >= 0.6 is 0 Å². The number of fused-ring (bicyclic) bond motifs is 1. The second-order valence-electron chi connectivity index (χ2n) is 6.46. The highest BCUT2D eigenvalue weighted by molar-refractivity contribution is 5.34. The standard InChI is InChI=1S/C20H23NO/c1-2-7-18(8-3-1)22-19-12-9-16(10-13-19)20-14-11-17-6-4-5-15-21(17)20/h1-3,7-10,12-13,17,20H,4-6,11,14-15H2/t17-,20+/m0/s1. The third-order valence-electron chi connectivity index (χ3n) is 5.09. The summed E-state index contributed by atoms with van der Waals surface area (Å²) in [6.07, 6.45) is 6.85. The van der Waals surface area contributed by atoms with Crippen molar-refractivity contribution in [1.29, 1.82) is 0 Å². The molecule has 2 saturated heterocycles. The number of para-hydroxylation sites is 1. The second kappa shape index (κ2) is 6.13. The highest BCUT2D eigenvalue weighted by Gasteiger charge is 2.35. The average Bonchev–Trinajstić information content (AvgIpc) is 3.01. The van der Waals surface area contributed by atoms with Crippen LogP contribution in [0.5, 0.6) is 11.5 Å². The van der Waals surface area contributed by atoms with E-state index in [1.807, 2.05) is 30.3 Å². The number of piperidine rings is 1. The van der Waals surface area contributed by atoms with Crippen LogP contribution in [0.15, 0.2) is 54.6 Å². The van der Waals surface area contributed by atoms with Gasteiger partial charge in [0.25, 0.3) is 0 Å². The summed E-state index contributed by atoms with van der Waals surface area (Å²) in [7, 11) is 0. The number of hydrogen-bond donors (Lipinski definition) is 0. The van der Waals surface area contributed by atoms with Gasteiger partial charge in [0.15, 0.2) is 0 Å². The first-order chi connectivity index (χ1) is 10.9. The number of rotatable bonds is 3. The molecule has 2 fully saturated rings. The van der Waals surface area contributed by atoms with E-state index in [1.54, 1.807) is 0 Å². The Morgan fingerprint density at radius 2 is 1.55 bits per heavy atom. The van der Waals surface area contributed by atoms with E-state index in [9.17, 15) is 0 Å². The quantitative estimate of drug-likeness (QED) is 0.774. The lowest BCUT2D eigenvalue weighted by molar-refractivity contribution is 0.150. The minimum Gasteiger partial charge on any atom is -0.457 e. The van der Waals surface area contributed by atoms with Crippen molar-refractivity contribution in [1.82, 2.24) is 4.90 Å². The van der Waals surface area contributed by atoms with E-state index in [0.29, 0.717) is 6.04 Å². The molecule has 0 radical (unpaired) electrons. The zero-order valence-electron chi connectivity index (χ0n) is 12.9. The summed E-state index contributed by atoms with van der Waals surface area (Å²) in [5.74, 6) is 1.82. The first kappa shape index (κ1) is 13.8. The molecular weight excluding hydrogens is 270 g/mol. The molecule has 2 aliphatic rings. The first-order valence-electron chi connectivity index (χ1n) is 8.49. The minimum atomic E-state index is 0.621. The summed E-state index contributed by atoms with van der Waals surface area (Å²) in [5.41, 5.74) is 1.45. The molecule has 22 heavy (non-hydrogen) atoms. The van der Waals surface area contributed by atoms with Gasteiger partial charge in [-0.2, -0.15) is 0 Å². The summed E-state index contributed by atoms with van der Waals surface area (Å²) in [6.45, 7) is 1.28. The first-order valence-corrected chi connectivity index (χ1v) is 8.49. The van der Waals surface area contributed by atoms with Crippen LogP contribution in [0.1, 0.15) is 43.7 Å². The Hall–Kier alpha value is -1.80. The molecule has 0 aliphatic carbocycles. The van der Waals surface area contributed by atoms with Gasteiger partial charge in [0, 0.05) is 12.1 Å². The van der Waals surface area contributed by atoms with Crippen molar-refractivity contribution in [2.45, 2.75) is 44.2 Å². The summed E-state index contributed by atoms with van der Waals surface area (Å²) in [6, 6.07) is 20.2. The average molecular weight is 293 g/mol. The Labute approximate surface area is 132 Å². The van der Waals surface area contributed by atoms with Crippen LogP contribution in [0.2, 0.25) is 0 Å². The molecule has 0 aromatic heterocycles. The predicted octanol–water partition coefficient (Wildman–Crippen LogP) is 5.17. The molecule has 0 saturated carbocycles. The maximum Gasteiger partial charge on any atom is 0.127 e. The maximum atomic E-state index is 5.89. The van der Waals surface area contributed by atoms with Crippen LogP contribution in [-0.4, -0.2) is 17.5 Å². The molecular formula is C20H23NO. The van der Waals surface area contributed by atoms with Crippen LogP contribution in [0.3, 0.4) is 0 Å². The van der Waals surface area contributed by atoms with Crippen LogP contribution in [-0.2, 0) is 0 Å². The molecule has 4 rings (SSSR count). The van der Waals surface area contributed by atoms with Gasteiger partial charge in [-0.25, -0.2) is 0 Å². The Kier molecular flexibility index (Phi) is 3.86. The largest absolute Gasteiger partial charge is 0.457 e. The molecule has 0 N–H and O–H groups in total. The fourth-order valence-corrected chi connectivity index (χ4v) is 4.00. The van der Waals surface area contributed by atoms with E-state index in [0.717, 1.165) is 17.5 Å². The number of hydrogen-bond acceptors (Lipinski definition) is 2. The molecule has 2 nitrogen and oxygen atoms in total. The van der Waals surface area contributed by atoms with Gasteiger partial charge in [-0.1, -0.05) is 36.8 Å². The molecule has 2 atom stereocenters. The maximum absolute atomic E-state index is 5.89. The molecule has 2 heteroatoms. The van der Waals surface area contributed by atoms with Crippen LogP contribution in [0.4, 0.5) is 0 Å². The highest BCUT2D eigenvalue weighted by Crippen LogP contribution is 2.40. The van der Waals surface area contributed by atoms with Crippen LogP contribution in [0.25, 0.3) is 0 Å². The third-order valence-corrected chi connectivity index (χ3v) is 5.09. The molecule has 0 amide bonds. The fourth-order valence-electron chi connectivity index (χ4n) is 4.00. The third kappa shape index (κ3) is 2.76. The van der Waals surface area contributed by atoms with Gasteiger partial charge >= 0.3 is 0 Å². The van der Waals surface area contributed by atoms with E-state index in [1.165, 1.54) is 44.2 Å². The van der Waals surface area contributed by atoms with Crippen molar-refractivity contribution in [3.8, 4) is 11.5 Å². The Morgan fingerprint density at radius 3 is 2.36 bits per heavy atom. The molecule has 0 unspecified atom stereocenters. The number of nitrogens with zero attached hydrogens (tertiary/aromatic N) is 1. The van der Waals surface area contributed by atoms with Crippen molar-refractivity contribution >= 4 is 0 Å². The van der Waals surface area contributed by atoms with Crippen molar-refractivity contribution < 1.29 is 4.74 Å². The van der Waals surface area contributed by atoms with Gasteiger partial charge in [-0.15, -0.1) is 0 Å². The van der Waals surface area contributed by atoms with E-state index in [-0.39, 0.29) is 0 Å². The SMILES string of the molecule is c1ccc(Oc2ccc([C@H]3CC[C@@H]4CCCCN43)cc2)cc1. The number of benzene rings is 2. The Bertz CT molecular complexity index is 607. The van der Waals surface area contributed by atoms with Gasteiger partial charge < -0.3 is 4.74 Å². The molecule has 114 valence electrons. The van der Waals surface area contributed by atoms with E-state index in [2.05, 4.69) is 29.2 Å². The molecule has 2 aliphatic heterocycles. The second-order valence-corrected chi connectivity index (χ2v) is 6.46. The lowest BCUT2D eigenvalue weighted by atomic mass is 10.0. The normalized spacial score (nSPS) is 24.9. The van der Waals surface area contributed by atoms with Crippen molar-refractivity contribution in [2.24, 2.45) is 0 Å². The summed E-state index contributed by atoms with van der Waals surface area (Å²) in [4.78, 5) is 2.73. The van der Waals surface area contributed by atoms with Crippen molar-refractivity contribution in [3.05, 3.63) is 60.2 Å². The predicted molar refractivity (Wildman–Crippen MR) is 89.3 cm³/mol. The van der Waals surface area contributed by atoms with Gasteiger partial charge in [0.2, 0.25) is 0 Å². The van der Waals surface area contributed by atoms with Gasteiger partial charge in [0.1, 0.15) is 11.5 Å². The van der Waals surface area contributed by atoms with Crippen molar-refractivity contribution in [2.75, 3.05) is 6.54 Å². The van der Waals surface area contributed by atoms with E-state index in [4.69, 9.17) is 4.74 Å². The highest BCUT2D eigenvalue weighted by atomic mass is 16.5. The monoisotopic (exact) mass is 293 g/mol. The lowest BCUT2D eigenvalue weighted by Gasteiger charge is -2.34. The van der Waals surface area contributed by atoms with Crippen LogP contribution < -0.4 is 4.74 Å². The Balaban J connectivity index is 1.48. The smallest absolute Gasteiger partial charge is 0.127 e. The Morgan fingerprint density at radius 1 is 0.773 bits per heavy atom. The van der Waals surface area contributed by atoms with Gasteiger partial charge in [-0.05, 0) is 62.1 Å². The van der Waals surface area contributed by atoms with Crippen molar-refractivity contribution in [3.63, 3.8) is 0 Å². The number of ether oxygens (including phenoxy) is 1. The molecule has 0 spiro atoms. The van der Waals surface area contributed by atoms with Gasteiger partial charge in [0.05, 0.1) is 0 Å². The van der Waals surface area contributed by atoms with Crippen LogP contribution in [0, 0.1) is 0 Å². The summed E-state index contributed by atoms with van der Waals surface area (Å²) < 4.78 is 5.89. The summed E-state index contributed by atoms with van der Waals surface area (Å²) in [5, 5.41) is 0. The fraction of sp³-hybridized carbons (Fsp3) is 0.400. The minimum absolute atomic E-state index is 0.621.